The summed E-state index contributed by atoms with van der Waals surface area (Å²) < 4.78 is 24.6. The molecule has 2 saturated heterocycles. The van der Waals surface area contributed by atoms with E-state index in [4.69, 9.17) is 18.9 Å². The van der Waals surface area contributed by atoms with Gasteiger partial charge in [-0.25, -0.2) is 4.79 Å². The van der Waals surface area contributed by atoms with E-state index >= 15 is 0 Å². The smallest absolute Gasteiger partial charge is 0.441 e. The number of hydrogen-bond donors (Lipinski definition) is 0. The molecule has 9 nitrogen and oxygen atoms in total. The highest BCUT2D eigenvalue weighted by Crippen LogP contribution is 2.43. The van der Waals surface area contributed by atoms with E-state index in [1.807, 2.05) is 68.4 Å². The summed E-state index contributed by atoms with van der Waals surface area (Å²) in [6.07, 6.45) is -0.589. The minimum Gasteiger partial charge on any atom is -0.457 e. The van der Waals surface area contributed by atoms with E-state index in [0.29, 0.717) is 6.54 Å². The molecule has 3 aromatic rings. The number of carbonyl (C=O) groups is 2. The van der Waals surface area contributed by atoms with Crippen molar-refractivity contribution in [2.45, 2.75) is 56.8 Å². The van der Waals surface area contributed by atoms with Crippen LogP contribution in [-0.2, 0) is 34.1 Å². The monoisotopic (exact) mass is 583 g/mol. The first-order valence-electron chi connectivity index (χ1n) is 14.6. The Morgan fingerprint density at radius 3 is 1.95 bits per heavy atom. The predicted molar refractivity (Wildman–Crippen MR) is 159 cm³/mol. The van der Waals surface area contributed by atoms with Gasteiger partial charge in [0.2, 0.25) is 0 Å². The summed E-state index contributed by atoms with van der Waals surface area (Å²) in [4.78, 5) is 30.0. The summed E-state index contributed by atoms with van der Waals surface area (Å²) in [7, 11) is 0. The molecule has 5 rings (SSSR count). The van der Waals surface area contributed by atoms with Crippen LogP contribution < -0.4 is 0 Å². The van der Waals surface area contributed by atoms with Crippen molar-refractivity contribution < 1.29 is 33.3 Å². The van der Waals surface area contributed by atoms with E-state index in [9.17, 15) is 15.1 Å². The van der Waals surface area contributed by atoms with Gasteiger partial charge in [-0.2, -0.15) is 4.79 Å². The molecule has 0 saturated carbocycles. The number of rotatable bonds is 12. The molecular weight excluding hydrogens is 546 g/mol. The number of carbonyl (C=O) groups excluding carboxylic acids is 2. The lowest BCUT2D eigenvalue weighted by Gasteiger charge is -2.38. The van der Waals surface area contributed by atoms with E-state index in [1.165, 1.54) is 0 Å². The molecule has 224 valence electrons. The molecule has 43 heavy (non-hydrogen) atoms. The minimum atomic E-state index is -0.944. The van der Waals surface area contributed by atoms with Crippen molar-refractivity contribution in [2.75, 3.05) is 26.3 Å². The van der Waals surface area contributed by atoms with Gasteiger partial charge in [0.25, 0.3) is 5.78 Å². The van der Waals surface area contributed by atoms with Crippen LogP contribution >= 0.6 is 0 Å². The Bertz CT molecular complexity index is 1360. The number of esters is 1. The van der Waals surface area contributed by atoms with Gasteiger partial charge in [0.15, 0.2) is 5.79 Å². The van der Waals surface area contributed by atoms with Crippen molar-refractivity contribution in [3.8, 4) is 0 Å². The third kappa shape index (κ3) is 6.37. The fourth-order valence-electron chi connectivity index (χ4n) is 6.11. The van der Waals surface area contributed by atoms with Crippen LogP contribution in [0.5, 0.6) is 0 Å². The SMILES string of the molecule is CCOC(=O)C(=[N+]=[N-])C(=O)CCN1C[C@@H]2OC(C)(C)O[C@@H]2[C@@H]1COC(c1ccccc1)(c1ccccc1)c1ccccc1. The van der Waals surface area contributed by atoms with Gasteiger partial charge >= 0.3 is 11.7 Å². The number of ether oxygens (including phenoxy) is 4. The zero-order valence-corrected chi connectivity index (χ0v) is 24.7. The van der Waals surface area contributed by atoms with Crippen molar-refractivity contribution in [3.63, 3.8) is 0 Å². The van der Waals surface area contributed by atoms with Crippen molar-refractivity contribution in [1.82, 2.24) is 4.90 Å². The molecule has 0 aromatic heterocycles. The normalized spacial score (nSPS) is 21.1. The highest BCUT2D eigenvalue weighted by Gasteiger charge is 2.53. The number of hydrogen-bond acceptors (Lipinski definition) is 7. The Balaban J connectivity index is 1.47. The lowest BCUT2D eigenvalue weighted by atomic mass is 9.80. The fraction of sp³-hybridized carbons (Fsp3) is 0.382. The summed E-state index contributed by atoms with van der Waals surface area (Å²) in [6.45, 7) is 6.51. The van der Waals surface area contributed by atoms with Gasteiger partial charge in [-0.1, -0.05) is 91.0 Å². The molecule has 0 radical (unpaired) electrons. The molecule has 2 fully saturated rings. The number of likely N-dealkylation sites (tertiary alicyclic amines) is 1. The molecule has 2 aliphatic heterocycles. The highest BCUT2D eigenvalue weighted by molar-refractivity contribution is 6.62. The zero-order chi connectivity index (χ0) is 30.5. The van der Waals surface area contributed by atoms with Crippen LogP contribution in [-0.4, -0.2) is 77.5 Å². The van der Waals surface area contributed by atoms with Gasteiger partial charge < -0.3 is 24.5 Å². The van der Waals surface area contributed by atoms with Gasteiger partial charge in [-0.05, 0) is 37.5 Å². The fourth-order valence-corrected chi connectivity index (χ4v) is 6.11. The molecule has 0 amide bonds. The van der Waals surface area contributed by atoms with Crippen LogP contribution in [0.4, 0.5) is 0 Å². The van der Waals surface area contributed by atoms with Crippen molar-refractivity contribution in [1.29, 1.82) is 0 Å². The second kappa shape index (κ2) is 13.1. The van der Waals surface area contributed by atoms with Gasteiger partial charge in [-0.15, -0.1) is 0 Å². The predicted octanol–water partition coefficient (Wildman–Crippen LogP) is 4.39. The van der Waals surface area contributed by atoms with E-state index in [0.717, 1.165) is 16.7 Å². The Morgan fingerprint density at radius 1 is 0.930 bits per heavy atom. The Labute approximate surface area is 251 Å². The van der Waals surface area contributed by atoms with E-state index in [-0.39, 0.29) is 44.4 Å². The lowest BCUT2D eigenvalue weighted by Crippen LogP contribution is -2.46. The molecule has 0 N–H and O–H groups in total. The molecule has 0 spiro atoms. The number of fused-ring (bicyclic) bond motifs is 1. The van der Waals surface area contributed by atoms with Crippen molar-refractivity contribution in [3.05, 3.63) is 113 Å². The van der Waals surface area contributed by atoms with Gasteiger partial charge in [0, 0.05) is 19.5 Å². The second-order valence-electron chi connectivity index (χ2n) is 11.1. The topological polar surface area (TPSA) is 111 Å². The molecular formula is C34H37N3O6. The van der Waals surface area contributed by atoms with Gasteiger partial charge in [0.1, 0.15) is 17.8 Å². The van der Waals surface area contributed by atoms with Crippen LogP contribution in [0.1, 0.15) is 43.9 Å². The third-order valence-corrected chi connectivity index (χ3v) is 7.95. The summed E-state index contributed by atoms with van der Waals surface area (Å²) >= 11 is 0. The average molecular weight is 584 g/mol. The first-order valence-corrected chi connectivity index (χ1v) is 14.6. The number of benzene rings is 3. The van der Waals surface area contributed by atoms with Crippen LogP contribution in [0.2, 0.25) is 0 Å². The molecule has 3 atom stereocenters. The number of nitrogens with zero attached hydrogens (tertiary/aromatic N) is 3. The molecule has 2 aliphatic rings. The first-order chi connectivity index (χ1) is 20.8. The highest BCUT2D eigenvalue weighted by atomic mass is 16.8. The van der Waals surface area contributed by atoms with E-state index in [1.54, 1.807) is 6.92 Å². The molecule has 2 heterocycles. The molecule has 9 heteroatoms. The Hall–Kier alpha value is -3.98. The molecule has 0 aliphatic carbocycles. The van der Waals surface area contributed by atoms with Crippen LogP contribution in [0.3, 0.4) is 0 Å². The van der Waals surface area contributed by atoms with E-state index < -0.39 is 28.9 Å². The van der Waals surface area contributed by atoms with E-state index in [2.05, 4.69) is 46.1 Å². The molecule has 0 unspecified atom stereocenters. The summed E-state index contributed by atoms with van der Waals surface area (Å²) in [6, 6.07) is 30.1. The first kappa shape index (κ1) is 30.5. The summed E-state index contributed by atoms with van der Waals surface area (Å²) in [5.74, 6) is -2.31. The van der Waals surface area contributed by atoms with Crippen LogP contribution in [0.15, 0.2) is 91.0 Å². The largest absolute Gasteiger partial charge is 0.457 e. The molecule has 0 bridgehead atoms. The third-order valence-electron chi connectivity index (χ3n) is 7.95. The maximum atomic E-state index is 12.9. The lowest BCUT2D eigenvalue weighted by molar-refractivity contribution is -0.166. The quantitative estimate of drug-likeness (QED) is 0.0777. The summed E-state index contributed by atoms with van der Waals surface area (Å²) in [5, 5.41) is 0. The van der Waals surface area contributed by atoms with Crippen molar-refractivity contribution >= 4 is 17.5 Å². The maximum Gasteiger partial charge on any atom is 0.441 e. The van der Waals surface area contributed by atoms with Crippen molar-refractivity contribution in [2.24, 2.45) is 0 Å². The number of ketones is 1. The van der Waals surface area contributed by atoms with Gasteiger partial charge in [0.05, 0.1) is 19.3 Å². The Morgan fingerprint density at radius 2 is 1.47 bits per heavy atom. The average Bonchev–Trinajstić information content (AvgIpc) is 3.49. The minimum absolute atomic E-state index is 0.0568. The van der Waals surface area contributed by atoms with Crippen LogP contribution in [0, 0.1) is 0 Å². The number of Topliss-reactive ketones (excluding diaryl/α,β-unsaturated/α-hetero) is 1. The zero-order valence-electron chi connectivity index (χ0n) is 24.7. The maximum absolute atomic E-state index is 12.9. The Kier molecular flexibility index (Phi) is 9.30. The second-order valence-corrected chi connectivity index (χ2v) is 11.1. The molecule has 3 aromatic carbocycles. The van der Waals surface area contributed by atoms with Crippen LogP contribution in [0.25, 0.3) is 5.53 Å². The standard InChI is InChI=1S/C34H37N3O6/c1-4-40-32(39)30(36-35)28(38)20-21-37-22-29-31(43-33(2,3)42-29)27(37)23-41-34(24-14-8-5-9-15-24,25-16-10-6-11-17-25)26-18-12-7-13-19-26/h5-19,27,29,31H,4,20-23H2,1-3H3/t27-,29-,31+/m0/s1. The van der Waals surface area contributed by atoms with Gasteiger partial charge in [-0.3, -0.25) is 9.69 Å². The summed E-state index contributed by atoms with van der Waals surface area (Å²) in [5.41, 5.74) is 10.7.